The summed E-state index contributed by atoms with van der Waals surface area (Å²) in [5, 5.41) is 10.2. The highest BCUT2D eigenvalue weighted by molar-refractivity contribution is 5.91. The van der Waals surface area contributed by atoms with Crippen LogP contribution in [0.15, 0.2) is 53.1 Å². The number of anilines is 1. The summed E-state index contributed by atoms with van der Waals surface area (Å²) in [5.41, 5.74) is 5.18. The van der Waals surface area contributed by atoms with Gasteiger partial charge in [-0.2, -0.15) is 0 Å². The Kier molecular flexibility index (Phi) is 7.03. The molecule has 1 aromatic heterocycles. The number of nitrogens with zero attached hydrogens (tertiary/aromatic N) is 1. The zero-order valence-corrected chi connectivity index (χ0v) is 17.1. The minimum atomic E-state index is -0.179. The van der Waals surface area contributed by atoms with Gasteiger partial charge in [-0.25, -0.2) is 0 Å². The number of carbonyl (C=O) groups is 1. The van der Waals surface area contributed by atoms with E-state index in [1.54, 1.807) is 0 Å². The van der Waals surface area contributed by atoms with E-state index in [1.807, 2.05) is 69.3 Å². The predicted octanol–water partition coefficient (Wildman–Crippen LogP) is 3.95. The van der Waals surface area contributed by atoms with Gasteiger partial charge in [-0.05, 0) is 63.6 Å². The number of aryl methyl sites for hydroxylation is 3. The van der Waals surface area contributed by atoms with Crippen molar-refractivity contribution in [3.8, 4) is 5.75 Å². The highest BCUT2D eigenvalue weighted by Crippen LogP contribution is 2.14. The Morgan fingerprint density at radius 2 is 1.76 bits per heavy atom. The molecular weight excluding hydrogens is 366 g/mol. The number of benzene rings is 2. The predicted molar refractivity (Wildman–Crippen MR) is 113 cm³/mol. The lowest BCUT2D eigenvalue weighted by Crippen LogP contribution is -2.20. The van der Waals surface area contributed by atoms with Gasteiger partial charge in [-0.15, -0.1) is 0 Å². The van der Waals surface area contributed by atoms with E-state index in [-0.39, 0.29) is 12.5 Å². The van der Waals surface area contributed by atoms with Gasteiger partial charge >= 0.3 is 0 Å². The highest BCUT2D eigenvalue weighted by Gasteiger charge is 2.08. The molecular formula is C23H27N3O3. The number of amides is 1. The molecule has 152 valence electrons. The van der Waals surface area contributed by atoms with Gasteiger partial charge in [-0.3, -0.25) is 4.79 Å². The summed E-state index contributed by atoms with van der Waals surface area (Å²) in [6.45, 7) is 7.46. The molecule has 0 unspecified atom stereocenters. The first kappa shape index (κ1) is 20.6. The van der Waals surface area contributed by atoms with Gasteiger partial charge in [0, 0.05) is 17.8 Å². The Balaban J connectivity index is 1.38. The standard InChI is InChI=1S/C23H27N3O3/c1-16-4-8-20(9-5-16)25-23(27)15-28-21-10-6-19(7-11-21)12-13-24-14-22-17(2)26-29-18(22)3/h4-11,24H,12-15H2,1-3H3,(H,25,27). The van der Waals surface area contributed by atoms with Crippen molar-refractivity contribution in [2.75, 3.05) is 18.5 Å². The average Bonchev–Trinajstić information content (AvgIpc) is 3.04. The molecule has 0 saturated heterocycles. The normalized spacial score (nSPS) is 10.7. The molecule has 0 bridgehead atoms. The molecule has 0 radical (unpaired) electrons. The molecule has 0 aliphatic heterocycles. The number of aromatic nitrogens is 1. The molecule has 6 nitrogen and oxygen atoms in total. The molecule has 2 aromatic carbocycles. The maximum atomic E-state index is 12.0. The van der Waals surface area contributed by atoms with E-state index in [4.69, 9.17) is 9.26 Å². The highest BCUT2D eigenvalue weighted by atomic mass is 16.5. The Morgan fingerprint density at radius 3 is 2.41 bits per heavy atom. The Morgan fingerprint density at radius 1 is 1.03 bits per heavy atom. The molecule has 3 rings (SSSR count). The molecule has 0 aliphatic rings. The fourth-order valence-corrected chi connectivity index (χ4v) is 2.94. The fourth-order valence-electron chi connectivity index (χ4n) is 2.94. The van der Waals surface area contributed by atoms with Crippen LogP contribution in [-0.2, 0) is 17.8 Å². The molecule has 3 aromatic rings. The maximum Gasteiger partial charge on any atom is 0.262 e. The van der Waals surface area contributed by atoms with Crippen molar-refractivity contribution in [3.63, 3.8) is 0 Å². The first-order valence-corrected chi connectivity index (χ1v) is 9.72. The average molecular weight is 393 g/mol. The minimum absolute atomic E-state index is 0.0216. The summed E-state index contributed by atoms with van der Waals surface area (Å²) >= 11 is 0. The molecule has 1 heterocycles. The molecule has 0 fully saturated rings. The number of hydrogen-bond donors (Lipinski definition) is 2. The summed E-state index contributed by atoms with van der Waals surface area (Å²) in [7, 11) is 0. The van der Waals surface area contributed by atoms with Crippen LogP contribution in [0.1, 0.15) is 28.1 Å². The van der Waals surface area contributed by atoms with Crippen LogP contribution in [0.25, 0.3) is 0 Å². The molecule has 0 spiro atoms. The summed E-state index contributed by atoms with van der Waals surface area (Å²) in [4.78, 5) is 12.0. The monoisotopic (exact) mass is 393 g/mol. The van der Waals surface area contributed by atoms with E-state index >= 15 is 0 Å². The van der Waals surface area contributed by atoms with Crippen LogP contribution < -0.4 is 15.4 Å². The van der Waals surface area contributed by atoms with Crippen LogP contribution in [0.3, 0.4) is 0 Å². The van der Waals surface area contributed by atoms with Crippen LogP contribution in [0.2, 0.25) is 0 Å². The first-order valence-electron chi connectivity index (χ1n) is 9.72. The van der Waals surface area contributed by atoms with Crippen LogP contribution >= 0.6 is 0 Å². The zero-order valence-electron chi connectivity index (χ0n) is 17.1. The van der Waals surface area contributed by atoms with E-state index in [0.717, 1.165) is 47.8 Å². The summed E-state index contributed by atoms with van der Waals surface area (Å²) in [6.07, 6.45) is 0.900. The smallest absolute Gasteiger partial charge is 0.262 e. The van der Waals surface area contributed by atoms with Crippen LogP contribution in [0, 0.1) is 20.8 Å². The number of carbonyl (C=O) groups excluding carboxylic acids is 1. The van der Waals surface area contributed by atoms with E-state index in [2.05, 4.69) is 15.8 Å². The lowest BCUT2D eigenvalue weighted by Gasteiger charge is -2.09. The third-order valence-electron chi connectivity index (χ3n) is 4.70. The van der Waals surface area contributed by atoms with Gasteiger partial charge in [0.1, 0.15) is 11.5 Å². The Hall–Kier alpha value is -3.12. The van der Waals surface area contributed by atoms with E-state index in [1.165, 1.54) is 5.56 Å². The third kappa shape index (κ3) is 6.19. The van der Waals surface area contributed by atoms with Gasteiger partial charge in [0.05, 0.1) is 5.69 Å². The van der Waals surface area contributed by atoms with Crippen molar-refractivity contribution in [1.29, 1.82) is 0 Å². The van der Waals surface area contributed by atoms with E-state index < -0.39 is 0 Å². The van der Waals surface area contributed by atoms with Gasteiger partial charge in [0.2, 0.25) is 0 Å². The van der Waals surface area contributed by atoms with Crippen molar-refractivity contribution < 1.29 is 14.1 Å². The first-order chi connectivity index (χ1) is 14.0. The number of ether oxygens (including phenoxy) is 1. The second-order valence-electron chi connectivity index (χ2n) is 7.08. The topological polar surface area (TPSA) is 76.4 Å². The second-order valence-corrected chi connectivity index (χ2v) is 7.08. The number of nitrogens with one attached hydrogen (secondary N) is 2. The molecule has 0 atom stereocenters. The molecule has 0 aliphatic carbocycles. The van der Waals surface area contributed by atoms with Crippen LogP contribution in [-0.4, -0.2) is 24.2 Å². The van der Waals surface area contributed by atoms with Gasteiger partial charge < -0.3 is 19.9 Å². The van der Waals surface area contributed by atoms with E-state index in [0.29, 0.717) is 5.75 Å². The summed E-state index contributed by atoms with van der Waals surface area (Å²) in [5.74, 6) is 1.36. The Labute approximate surface area is 171 Å². The van der Waals surface area contributed by atoms with Crippen molar-refractivity contribution >= 4 is 11.6 Å². The zero-order chi connectivity index (χ0) is 20.6. The molecule has 6 heteroatoms. The van der Waals surface area contributed by atoms with Gasteiger partial charge in [-0.1, -0.05) is 35.0 Å². The minimum Gasteiger partial charge on any atom is -0.484 e. The maximum absolute atomic E-state index is 12.0. The summed E-state index contributed by atoms with van der Waals surface area (Å²) in [6, 6.07) is 15.5. The Bertz CT molecular complexity index is 912. The molecule has 29 heavy (non-hydrogen) atoms. The molecule has 0 saturated carbocycles. The lowest BCUT2D eigenvalue weighted by atomic mass is 10.1. The quantitative estimate of drug-likeness (QED) is 0.539. The van der Waals surface area contributed by atoms with Gasteiger partial charge in [0.25, 0.3) is 5.91 Å². The number of hydrogen-bond acceptors (Lipinski definition) is 5. The lowest BCUT2D eigenvalue weighted by molar-refractivity contribution is -0.118. The molecule has 2 N–H and O–H groups in total. The van der Waals surface area contributed by atoms with Crippen LogP contribution in [0.4, 0.5) is 5.69 Å². The largest absolute Gasteiger partial charge is 0.484 e. The van der Waals surface area contributed by atoms with Crippen molar-refractivity contribution in [2.24, 2.45) is 0 Å². The van der Waals surface area contributed by atoms with E-state index in [9.17, 15) is 4.79 Å². The van der Waals surface area contributed by atoms with Crippen molar-refractivity contribution in [2.45, 2.75) is 33.7 Å². The van der Waals surface area contributed by atoms with Gasteiger partial charge in [0.15, 0.2) is 6.61 Å². The van der Waals surface area contributed by atoms with Crippen LogP contribution in [0.5, 0.6) is 5.75 Å². The van der Waals surface area contributed by atoms with Crippen molar-refractivity contribution in [3.05, 3.63) is 76.7 Å². The van der Waals surface area contributed by atoms with Crippen molar-refractivity contribution in [1.82, 2.24) is 10.5 Å². The fraction of sp³-hybridized carbons (Fsp3) is 0.304. The third-order valence-corrected chi connectivity index (χ3v) is 4.70. The SMILES string of the molecule is Cc1ccc(NC(=O)COc2ccc(CCNCc3c(C)noc3C)cc2)cc1. The molecule has 1 amide bonds. The second kappa shape index (κ2) is 9.89. The summed E-state index contributed by atoms with van der Waals surface area (Å²) < 4.78 is 10.7. The number of rotatable bonds is 9.